The van der Waals surface area contributed by atoms with Crippen molar-refractivity contribution in [3.8, 4) is 0 Å². The maximum atomic E-state index is 8.69. The highest BCUT2D eigenvalue weighted by atomic mass is 16.3. The molecule has 2 heterocycles. The minimum atomic E-state index is 0.0524. The molecule has 0 aromatic carbocycles. The average molecular weight is 178 g/mol. The minimum absolute atomic E-state index is 0.0524. The zero-order valence-electron chi connectivity index (χ0n) is 7.01. The third kappa shape index (κ3) is 1.33. The first-order chi connectivity index (χ1) is 6.31. The fourth-order valence-electron chi connectivity index (χ4n) is 1.18. The van der Waals surface area contributed by atoms with Gasteiger partial charge in [-0.05, 0) is 12.1 Å². The number of rotatable bonds is 2. The molecule has 2 aromatic heterocycles. The van der Waals surface area contributed by atoms with Crippen LogP contribution in [0.1, 0.15) is 5.82 Å². The summed E-state index contributed by atoms with van der Waals surface area (Å²) >= 11 is 0. The molecule has 0 saturated heterocycles. The summed E-state index contributed by atoms with van der Waals surface area (Å²) < 4.78 is 1.56. The van der Waals surface area contributed by atoms with Crippen LogP contribution in [0.2, 0.25) is 0 Å². The van der Waals surface area contributed by atoms with Gasteiger partial charge >= 0.3 is 0 Å². The van der Waals surface area contributed by atoms with Crippen molar-refractivity contribution in [1.82, 2.24) is 14.6 Å². The number of pyridine rings is 1. The molecule has 0 unspecified atom stereocenters. The highest BCUT2D eigenvalue weighted by Gasteiger charge is 2.03. The first-order valence-electron chi connectivity index (χ1n) is 4.02. The van der Waals surface area contributed by atoms with Gasteiger partial charge in [0.2, 0.25) is 0 Å². The van der Waals surface area contributed by atoms with Crippen molar-refractivity contribution < 1.29 is 5.11 Å². The van der Waals surface area contributed by atoms with E-state index in [-0.39, 0.29) is 6.61 Å². The molecule has 0 atom stereocenters. The predicted molar refractivity (Wildman–Crippen MR) is 48.2 cm³/mol. The third-order valence-electron chi connectivity index (χ3n) is 1.77. The lowest BCUT2D eigenvalue weighted by Crippen LogP contribution is -1.98. The van der Waals surface area contributed by atoms with E-state index in [0.29, 0.717) is 23.7 Å². The fraction of sp³-hybridized carbons (Fsp3) is 0.250. The van der Waals surface area contributed by atoms with Crippen LogP contribution in [0.25, 0.3) is 5.65 Å². The molecule has 68 valence electrons. The minimum Gasteiger partial charge on any atom is -0.396 e. The highest BCUT2D eigenvalue weighted by Crippen LogP contribution is 2.06. The summed E-state index contributed by atoms with van der Waals surface area (Å²) in [6.07, 6.45) is 0.459. The molecule has 0 spiro atoms. The number of nitrogens with zero attached hydrogens (tertiary/aromatic N) is 3. The third-order valence-corrected chi connectivity index (χ3v) is 1.77. The number of aliphatic hydroxyl groups excluding tert-OH is 1. The van der Waals surface area contributed by atoms with Gasteiger partial charge in [0.1, 0.15) is 5.82 Å². The van der Waals surface area contributed by atoms with E-state index in [1.54, 1.807) is 10.6 Å². The molecule has 5 heteroatoms. The van der Waals surface area contributed by atoms with E-state index in [2.05, 4.69) is 10.1 Å². The van der Waals surface area contributed by atoms with Gasteiger partial charge in [0.05, 0.1) is 6.61 Å². The quantitative estimate of drug-likeness (QED) is 0.670. The van der Waals surface area contributed by atoms with Gasteiger partial charge in [0, 0.05) is 6.42 Å². The van der Waals surface area contributed by atoms with Gasteiger partial charge in [-0.15, -0.1) is 5.10 Å². The Morgan fingerprint density at radius 3 is 3.00 bits per heavy atom. The molecular formula is C8H10N4O. The summed E-state index contributed by atoms with van der Waals surface area (Å²) in [5.41, 5.74) is 6.38. The first-order valence-corrected chi connectivity index (χ1v) is 4.02. The fourth-order valence-corrected chi connectivity index (χ4v) is 1.18. The predicted octanol–water partition coefficient (Wildman–Crippen LogP) is -0.154. The van der Waals surface area contributed by atoms with Crippen molar-refractivity contribution in [1.29, 1.82) is 0 Å². The summed E-state index contributed by atoms with van der Waals surface area (Å²) in [6.45, 7) is 0.0524. The van der Waals surface area contributed by atoms with Crippen molar-refractivity contribution in [3.63, 3.8) is 0 Å². The van der Waals surface area contributed by atoms with Crippen molar-refractivity contribution in [3.05, 3.63) is 24.0 Å². The van der Waals surface area contributed by atoms with Crippen LogP contribution in [0.3, 0.4) is 0 Å². The Labute approximate surface area is 74.8 Å². The van der Waals surface area contributed by atoms with Crippen LogP contribution >= 0.6 is 0 Å². The van der Waals surface area contributed by atoms with Crippen LogP contribution < -0.4 is 5.73 Å². The van der Waals surface area contributed by atoms with Gasteiger partial charge < -0.3 is 10.8 Å². The monoisotopic (exact) mass is 178 g/mol. The van der Waals surface area contributed by atoms with Crippen molar-refractivity contribution in [2.24, 2.45) is 0 Å². The summed E-state index contributed by atoms with van der Waals surface area (Å²) in [4.78, 5) is 4.18. The Morgan fingerprint density at radius 1 is 1.46 bits per heavy atom. The summed E-state index contributed by atoms with van der Waals surface area (Å²) in [7, 11) is 0. The number of nitrogen functional groups attached to an aromatic ring is 1. The molecule has 0 fully saturated rings. The number of fused-ring (bicyclic) bond motifs is 1. The van der Waals surface area contributed by atoms with Crippen LogP contribution in [0, 0.1) is 0 Å². The largest absolute Gasteiger partial charge is 0.396 e. The Bertz CT molecular complexity index is 423. The molecule has 0 bridgehead atoms. The van der Waals surface area contributed by atoms with Crippen LogP contribution in [-0.4, -0.2) is 26.3 Å². The van der Waals surface area contributed by atoms with E-state index in [0.717, 1.165) is 0 Å². The molecule has 2 rings (SSSR count). The average Bonchev–Trinajstić information content (AvgIpc) is 2.49. The zero-order chi connectivity index (χ0) is 9.26. The summed E-state index contributed by atoms with van der Waals surface area (Å²) in [5, 5.41) is 12.8. The molecule has 2 aromatic rings. The van der Waals surface area contributed by atoms with Gasteiger partial charge in [-0.2, -0.15) is 4.52 Å². The molecule has 0 aliphatic carbocycles. The maximum Gasteiger partial charge on any atom is 0.157 e. The topological polar surface area (TPSA) is 76.4 Å². The zero-order valence-corrected chi connectivity index (χ0v) is 7.01. The number of nitrogens with two attached hydrogens (primary N) is 1. The Hall–Kier alpha value is -1.62. The maximum absolute atomic E-state index is 8.69. The SMILES string of the molecule is Nc1cccc2nc(CCO)nn12. The molecule has 3 N–H and O–H groups in total. The molecular weight excluding hydrogens is 168 g/mol. The standard InChI is InChI=1S/C8H10N4O/c9-6-2-1-3-8-10-7(4-5-13)11-12(6)8/h1-3,13H,4-5,9H2. The van der Waals surface area contributed by atoms with Gasteiger partial charge in [0.25, 0.3) is 0 Å². The van der Waals surface area contributed by atoms with Crippen LogP contribution in [0.4, 0.5) is 5.82 Å². The van der Waals surface area contributed by atoms with Gasteiger partial charge in [0.15, 0.2) is 11.5 Å². The highest BCUT2D eigenvalue weighted by molar-refractivity contribution is 5.45. The lowest BCUT2D eigenvalue weighted by atomic mass is 10.4. The lowest BCUT2D eigenvalue weighted by molar-refractivity contribution is 0.296. The Kier molecular flexibility index (Phi) is 1.86. The molecule has 0 aliphatic rings. The number of hydrogen-bond donors (Lipinski definition) is 2. The summed E-state index contributed by atoms with van der Waals surface area (Å²) in [5.74, 6) is 1.16. The van der Waals surface area contributed by atoms with E-state index in [1.807, 2.05) is 12.1 Å². The Morgan fingerprint density at radius 2 is 2.31 bits per heavy atom. The van der Waals surface area contributed by atoms with Crippen molar-refractivity contribution in [2.45, 2.75) is 6.42 Å². The second-order valence-corrected chi connectivity index (χ2v) is 2.72. The van der Waals surface area contributed by atoms with E-state index in [1.165, 1.54) is 0 Å². The van der Waals surface area contributed by atoms with E-state index in [4.69, 9.17) is 10.8 Å². The summed E-state index contributed by atoms with van der Waals surface area (Å²) in [6, 6.07) is 5.40. The molecule has 0 radical (unpaired) electrons. The lowest BCUT2D eigenvalue weighted by Gasteiger charge is -1.93. The first kappa shape index (κ1) is 8.00. The molecule has 0 saturated carbocycles. The van der Waals surface area contributed by atoms with Crippen molar-refractivity contribution in [2.75, 3.05) is 12.3 Å². The molecule has 0 amide bonds. The van der Waals surface area contributed by atoms with Crippen molar-refractivity contribution >= 4 is 11.5 Å². The van der Waals surface area contributed by atoms with E-state index in [9.17, 15) is 0 Å². The van der Waals surface area contributed by atoms with Gasteiger partial charge in [-0.3, -0.25) is 0 Å². The molecule has 0 aliphatic heterocycles. The van der Waals surface area contributed by atoms with Gasteiger partial charge in [-0.1, -0.05) is 6.07 Å². The van der Waals surface area contributed by atoms with E-state index < -0.39 is 0 Å². The van der Waals surface area contributed by atoms with Crippen LogP contribution in [-0.2, 0) is 6.42 Å². The second-order valence-electron chi connectivity index (χ2n) is 2.72. The second kappa shape index (κ2) is 3.02. The van der Waals surface area contributed by atoms with Crippen LogP contribution in [0.5, 0.6) is 0 Å². The Balaban J connectivity index is 2.55. The smallest absolute Gasteiger partial charge is 0.157 e. The normalized spacial score (nSPS) is 10.8. The van der Waals surface area contributed by atoms with Gasteiger partial charge in [-0.25, -0.2) is 4.98 Å². The molecule has 5 nitrogen and oxygen atoms in total. The molecule has 13 heavy (non-hydrogen) atoms. The number of anilines is 1. The van der Waals surface area contributed by atoms with E-state index >= 15 is 0 Å². The number of aliphatic hydroxyl groups is 1. The van der Waals surface area contributed by atoms with Crippen LogP contribution in [0.15, 0.2) is 18.2 Å². The number of aromatic nitrogens is 3. The number of hydrogen-bond acceptors (Lipinski definition) is 4.